The van der Waals surface area contributed by atoms with Crippen LogP contribution in [-0.4, -0.2) is 22.6 Å². The lowest BCUT2D eigenvalue weighted by Crippen LogP contribution is -2.24. The van der Waals surface area contributed by atoms with Crippen molar-refractivity contribution in [2.75, 3.05) is 14.2 Å². The van der Waals surface area contributed by atoms with Crippen LogP contribution in [0.4, 0.5) is 13.2 Å². The quantitative estimate of drug-likeness (QED) is 0.787. The van der Waals surface area contributed by atoms with Crippen LogP contribution in [0, 0.1) is 0 Å². The first-order valence-electron chi connectivity index (χ1n) is 7.16. The molecule has 142 valence electrons. The lowest BCUT2D eigenvalue weighted by Gasteiger charge is -2.13. The van der Waals surface area contributed by atoms with Crippen molar-refractivity contribution < 1.29 is 31.1 Å². The lowest BCUT2D eigenvalue weighted by atomic mass is 10.1. The number of halogens is 4. The number of nitrogens with one attached hydrogen (secondary N) is 1. The van der Waals surface area contributed by atoms with Crippen LogP contribution in [-0.2, 0) is 22.7 Å². The minimum atomic E-state index is -4.64. The van der Waals surface area contributed by atoms with Crippen molar-refractivity contribution in [1.29, 1.82) is 0 Å². The van der Waals surface area contributed by atoms with E-state index in [4.69, 9.17) is 21.1 Å². The topological polar surface area (TPSA) is 64.6 Å². The molecule has 0 spiro atoms. The molecular weight excluding hydrogens is 395 g/mol. The standard InChI is InChI=1S/C16H15ClF3NO4S/c1-24-11-4-6-14(25-2)15(8-11)26(22,23)21-9-10-3-5-13(17)12(7-10)16(18,19)20/h3-8,21H,9H2,1-2H3. The van der Waals surface area contributed by atoms with Gasteiger partial charge in [-0.2, -0.15) is 13.2 Å². The molecular formula is C16H15ClF3NO4S. The molecule has 0 bridgehead atoms. The largest absolute Gasteiger partial charge is 0.497 e. The molecule has 0 saturated heterocycles. The maximum Gasteiger partial charge on any atom is 0.417 e. The molecule has 0 atom stereocenters. The number of methoxy groups -OCH3 is 2. The van der Waals surface area contributed by atoms with E-state index in [1.165, 1.54) is 38.5 Å². The van der Waals surface area contributed by atoms with Gasteiger partial charge in [-0.15, -0.1) is 0 Å². The molecule has 26 heavy (non-hydrogen) atoms. The van der Waals surface area contributed by atoms with Gasteiger partial charge in [-0.1, -0.05) is 17.7 Å². The van der Waals surface area contributed by atoms with Gasteiger partial charge < -0.3 is 9.47 Å². The molecule has 10 heteroatoms. The van der Waals surface area contributed by atoms with Gasteiger partial charge in [0, 0.05) is 12.6 Å². The van der Waals surface area contributed by atoms with Gasteiger partial charge in [0.2, 0.25) is 10.0 Å². The van der Waals surface area contributed by atoms with Crippen LogP contribution in [0.25, 0.3) is 0 Å². The van der Waals surface area contributed by atoms with E-state index in [1.807, 2.05) is 0 Å². The maximum absolute atomic E-state index is 12.9. The predicted octanol–water partition coefficient (Wildman–Crippen LogP) is 3.85. The van der Waals surface area contributed by atoms with Gasteiger partial charge in [-0.3, -0.25) is 0 Å². The summed E-state index contributed by atoms with van der Waals surface area (Å²) in [5.41, 5.74) is -0.929. The molecule has 0 saturated carbocycles. The Hall–Kier alpha value is -1.97. The zero-order valence-corrected chi connectivity index (χ0v) is 15.3. The number of rotatable bonds is 6. The molecule has 0 radical (unpaired) electrons. The van der Waals surface area contributed by atoms with Gasteiger partial charge in [-0.05, 0) is 29.8 Å². The molecule has 1 N–H and O–H groups in total. The van der Waals surface area contributed by atoms with Gasteiger partial charge in [0.1, 0.15) is 16.4 Å². The monoisotopic (exact) mass is 409 g/mol. The third kappa shape index (κ3) is 4.60. The highest BCUT2D eigenvalue weighted by atomic mass is 35.5. The van der Waals surface area contributed by atoms with E-state index in [9.17, 15) is 21.6 Å². The Kier molecular flexibility index (Phi) is 6.05. The van der Waals surface area contributed by atoms with E-state index in [1.54, 1.807) is 0 Å². The Bertz CT molecular complexity index is 901. The lowest BCUT2D eigenvalue weighted by molar-refractivity contribution is -0.137. The fourth-order valence-corrected chi connectivity index (χ4v) is 3.57. The first-order valence-corrected chi connectivity index (χ1v) is 9.02. The van der Waals surface area contributed by atoms with Crippen LogP contribution >= 0.6 is 11.6 Å². The van der Waals surface area contributed by atoms with Crippen molar-refractivity contribution in [2.45, 2.75) is 17.6 Å². The molecule has 0 aliphatic rings. The molecule has 2 rings (SSSR count). The Balaban J connectivity index is 2.29. The second kappa shape index (κ2) is 7.73. The summed E-state index contributed by atoms with van der Waals surface area (Å²) in [4.78, 5) is -0.190. The molecule has 2 aromatic rings. The van der Waals surface area contributed by atoms with Crippen molar-refractivity contribution in [3.8, 4) is 11.5 Å². The van der Waals surface area contributed by atoms with Crippen LogP contribution < -0.4 is 14.2 Å². The molecule has 0 unspecified atom stereocenters. The van der Waals surface area contributed by atoms with Crippen molar-refractivity contribution in [3.05, 3.63) is 52.5 Å². The van der Waals surface area contributed by atoms with Crippen molar-refractivity contribution >= 4 is 21.6 Å². The fraction of sp³-hybridized carbons (Fsp3) is 0.250. The van der Waals surface area contributed by atoms with Gasteiger partial charge >= 0.3 is 6.18 Å². The van der Waals surface area contributed by atoms with E-state index in [2.05, 4.69) is 4.72 Å². The molecule has 0 heterocycles. The van der Waals surface area contributed by atoms with Crippen molar-refractivity contribution in [2.24, 2.45) is 0 Å². The number of alkyl halides is 3. The number of hydrogen-bond acceptors (Lipinski definition) is 4. The Morgan fingerprint density at radius 1 is 1.08 bits per heavy atom. The summed E-state index contributed by atoms with van der Waals surface area (Å²) in [5.74, 6) is 0.363. The molecule has 0 aliphatic carbocycles. The van der Waals surface area contributed by atoms with Crippen LogP contribution in [0.5, 0.6) is 11.5 Å². The number of benzene rings is 2. The highest BCUT2D eigenvalue weighted by Crippen LogP contribution is 2.35. The summed E-state index contributed by atoms with van der Waals surface area (Å²) in [6, 6.07) is 7.37. The van der Waals surface area contributed by atoms with E-state index >= 15 is 0 Å². The second-order valence-electron chi connectivity index (χ2n) is 5.15. The zero-order chi connectivity index (χ0) is 19.5. The predicted molar refractivity (Wildman–Crippen MR) is 90.0 cm³/mol. The summed E-state index contributed by atoms with van der Waals surface area (Å²) in [5, 5.41) is -0.460. The highest BCUT2D eigenvalue weighted by molar-refractivity contribution is 7.89. The minimum Gasteiger partial charge on any atom is -0.497 e. The highest BCUT2D eigenvalue weighted by Gasteiger charge is 2.33. The summed E-state index contributed by atoms with van der Waals surface area (Å²) >= 11 is 5.55. The Labute approximate surface area is 153 Å². The molecule has 0 aliphatic heterocycles. The number of hydrogen-bond donors (Lipinski definition) is 1. The van der Waals surface area contributed by atoms with Crippen LogP contribution in [0.3, 0.4) is 0 Å². The molecule has 5 nitrogen and oxygen atoms in total. The second-order valence-corrected chi connectivity index (χ2v) is 7.30. The van der Waals surface area contributed by atoms with Crippen LogP contribution in [0.15, 0.2) is 41.3 Å². The first kappa shape index (κ1) is 20.3. The average molecular weight is 410 g/mol. The average Bonchev–Trinajstić information content (AvgIpc) is 2.59. The SMILES string of the molecule is COc1ccc(OC)c(S(=O)(=O)NCc2ccc(Cl)c(C(F)(F)F)c2)c1. The van der Waals surface area contributed by atoms with Crippen molar-refractivity contribution in [3.63, 3.8) is 0 Å². The summed E-state index contributed by atoms with van der Waals surface area (Å²) in [7, 11) is -1.39. The minimum absolute atomic E-state index is 0.0744. The van der Waals surface area contributed by atoms with Gasteiger partial charge in [0.25, 0.3) is 0 Å². The van der Waals surface area contributed by atoms with E-state index in [0.29, 0.717) is 0 Å². The fourth-order valence-electron chi connectivity index (χ4n) is 2.15. The van der Waals surface area contributed by atoms with Gasteiger partial charge in [0.15, 0.2) is 0 Å². The summed E-state index contributed by atoms with van der Waals surface area (Å²) in [6.45, 7) is -0.358. The van der Waals surface area contributed by atoms with E-state index in [0.717, 1.165) is 12.1 Å². The Morgan fingerprint density at radius 3 is 2.35 bits per heavy atom. The van der Waals surface area contributed by atoms with Gasteiger partial charge in [-0.25, -0.2) is 13.1 Å². The molecule has 2 aromatic carbocycles. The third-order valence-electron chi connectivity index (χ3n) is 3.46. The van der Waals surface area contributed by atoms with Crippen LogP contribution in [0.1, 0.15) is 11.1 Å². The van der Waals surface area contributed by atoms with Crippen LogP contribution in [0.2, 0.25) is 5.02 Å². The zero-order valence-electron chi connectivity index (χ0n) is 13.7. The molecule has 0 aromatic heterocycles. The smallest absolute Gasteiger partial charge is 0.417 e. The molecule has 0 amide bonds. The number of sulfonamides is 1. The third-order valence-corrected chi connectivity index (χ3v) is 5.21. The number of ether oxygens (including phenoxy) is 2. The normalized spacial score (nSPS) is 12.1. The maximum atomic E-state index is 12.9. The first-order chi connectivity index (χ1) is 12.1. The van der Waals surface area contributed by atoms with E-state index in [-0.39, 0.29) is 28.5 Å². The van der Waals surface area contributed by atoms with Crippen molar-refractivity contribution in [1.82, 2.24) is 4.72 Å². The van der Waals surface area contributed by atoms with Gasteiger partial charge in [0.05, 0.1) is 24.8 Å². The summed E-state index contributed by atoms with van der Waals surface area (Å²) in [6.07, 6.45) is -4.64. The van der Waals surface area contributed by atoms with E-state index < -0.39 is 26.8 Å². The Morgan fingerprint density at radius 2 is 1.77 bits per heavy atom. The molecule has 0 fully saturated rings. The summed E-state index contributed by atoms with van der Waals surface area (Å²) < 4.78 is 76.0.